The molecule has 0 N–H and O–H groups in total. The molecule has 0 fully saturated rings. The molecular weight excluding hydrogens is 327 g/mol. The highest BCUT2D eigenvalue weighted by atomic mass is 32.4. The van der Waals surface area contributed by atoms with Gasteiger partial charge in [0.1, 0.15) is 0 Å². The molecule has 0 radical (unpaired) electrons. The maximum Gasteiger partial charge on any atom is 0.0142 e. The van der Waals surface area contributed by atoms with Crippen LogP contribution in [0.5, 0.6) is 0 Å². The topological polar surface area (TPSA) is 0 Å². The van der Waals surface area contributed by atoms with E-state index in [1.54, 1.807) is 0 Å². The van der Waals surface area contributed by atoms with Crippen LogP contribution in [-0.2, 0) is 11.8 Å². The molecule has 2 heteroatoms. The van der Waals surface area contributed by atoms with Crippen LogP contribution in [-0.4, -0.2) is 6.16 Å². The van der Waals surface area contributed by atoms with Crippen LogP contribution in [0.4, 0.5) is 0 Å². The fourth-order valence-corrected chi connectivity index (χ4v) is 6.22. The number of allylic oxidation sites excluding steroid dienone is 4. The average molecular weight is 354 g/mol. The molecular formula is C22H27PS. The highest BCUT2D eigenvalue weighted by Gasteiger charge is 2.20. The molecule has 0 saturated carbocycles. The van der Waals surface area contributed by atoms with Crippen molar-refractivity contribution in [3.8, 4) is 0 Å². The molecule has 0 aromatic heterocycles. The second-order valence-corrected chi connectivity index (χ2v) is 11.2. The van der Waals surface area contributed by atoms with Crippen LogP contribution in [0.3, 0.4) is 0 Å². The Bertz CT molecular complexity index is 695. The number of hydrogen-bond donors (Lipinski definition) is 0. The fraction of sp³-hybridized carbons (Fsp3) is 0.273. The summed E-state index contributed by atoms with van der Waals surface area (Å²) in [5.41, 5.74) is 2.83. The predicted octanol–water partition coefficient (Wildman–Crippen LogP) is 5.81. The molecule has 0 atom stereocenters. The summed E-state index contributed by atoms with van der Waals surface area (Å²) >= 11 is 6.26. The van der Waals surface area contributed by atoms with Crippen molar-refractivity contribution in [3.63, 3.8) is 0 Å². The zero-order chi connectivity index (χ0) is 17.4. The summed E-state index contributed by atoms with van der Waals surface area (Å²) in [5, 5.41) is 2.61. The van der Waals surface area contributed by atoms with Crippen molar-refractivity contribution in [2.45, 2.75) is 33.6 Å². The maximum absolute atomic E-state index is 6.26. The molecule has 0 bridgehead atoms. The molecule has 0 heterocycles. The monoisotopic (exact) mass is 354 g/mol. The van der Waals surface area contributed by atoms with Crippen LogP contribution in [0.15, 0.2) is 84.0 Å². The lowest BCUT2D eigenvalue weighted by molar-refractivity contribution is 0.964. The van der Waals surface area contributed by atoms with Gasteiger partial charge in [0.15, 0.2) is 0 Å². The van der Waals surface area contributed by atoms with E-state index in [4.69, 9.17) is 11.8 Å². The number of hydrogen-bond acceptors (Lipinski definition) is 1. The van der Waals surface area contributed by atoms with Gasteiger partial charge in [-0.2, -0.15) is 0 Å². The summed E-state index contributed by atoms with van der Waals surface area (Å²) in [6.07, 6.45) is 7.87. The van der Waals surface area contributed by atoms with Gasteiger partial charge in [0.2, 0.25) is 0 Å². The molecule has 0 aliphatic heterocycles. The van der Waals surface area contributed by atoms with Crippen LogP contribution in [0.2, 0.25) is 0 Å². The van der Waals surface area contributed by atoms with Gasteiger partial charge < -0.3 is 0 Å². The van der Waals surface area contributed by atoms with Crippen LogP contribution in [0.25, 0.3) is 0 Å². The third kappa shape index (κ3) is 5.30. The molecule has 2 rings (SSSR count). The lowest BCUT2D eigenvalue weighted by atomic mass is 10.1. The summed E-state index contributed by atoms with van der Waals surface area (Å²) in [6.45, 7) is 6.54. The first kappa shape index (κ1) is 18.9. The number of benzene rings is 2. The van der Waals surface area contributed by atoms with Crippen molar-refractivity contribution in [2.75, 3.05) is 6.16 Å². The first-order valence-corrected chi connectivity index (χ1v) is 11.5. The molecule has 0 unspecified atom stereocenters. The summed E-state index contributed by atoms with van der Waals surface area (Å²) < 4.78 is 0. The standard InChI is InChI=1S/C22H27PS/c1-19(2)11-10-12-20(3)17-18-23(24,21-13-6-4-7-14-21)22-15-8-5-9-16-22/h4-9,11,13-17H,10,12,18H2,1-3H3. The third-order valence-corrected chi connectivity index (χ3v) is 8.81. The zero-order valence-electron chi connectivity index (χ0n) is 14.9. The second-order valence-electron chi connectivity index (χ2n) is 6.46. The van der Waals surface area contributed by atoms with E-state index in [2.05, 4.69) is 93.6 Å². The predicted molar refractivity (Wildman–Crippen MR) is 114 cm³/mol. The lowest BCUT2D eigenvalue weighted by Crippen LogP contribution is -2.17. The van der Waals surface area contributed by atoms with Gasteiger partial charge >= 0.3 is 0 Å². The Labute approximate surface area is 152 Å². The van der Waals surface area contributed by atoms with Gasteiger partial charge in [-0.05, 0) is 44.2 Å². The summed E-state index contributed by atoms with van der Waals surface area (Å²) in [7, 11) is 0. The zero-order valence-corrected chi connectivity index (χ0v) is 16.6. The van der Waals surface area contributed by atoms with Crippen molar-refractivity contribution in [1.82, 2.24) is 0 Å². The van der Waals surface area contributed by atoms with Crippen molar-refractivity contribution in [3.05, 3.63) is 84.0 Å². The first-order chi connectivity index (χ1) is 11.5. The van der Waals surface area contributed by atoms with Crippen LogP contribution in [0, 0.1) is 0 Å². The van der Waals surface area contributed by atoms with Gasteiger partial charge in [0.25, 0.3) is 0 Å². The molecule has 0 nitrogen and oxygen atoms in total. The van der Waals surface area contributed by atoms with Gasteiger partial charge in [-0.1, -0.05) is 95.8 Å². The van der Waals surface area contributed by atoms with Crippen molar-refractivity contribution in [1.29, 1.82) is 0 Å². The van der Waals surface area contributed by atoms with Crippen LogP contribution < -0.4 is 10.6 Å². The van der Waals surface area contributed by atoms with Crippen molar-refractivity contribution in [2.24, 2.45) is 0 Å². The molecule has 0 saturated heterocycles. The highest BCUT2D eigenvalue weighted by molar-refractivity contribution is 8.22. The van der Waals surface area contributed by atoms with E-state index in [-0.39, 0.29) is 0 Å². The third-order valence-electron chi connectivity index (χ3n) is 4.13. The Kier molecular flexibility index (Phi) is 7.21. The van der Waals surface area contributed by atoms with Gasteiger partial charge in [-0.25, -0.2) is 0 Å². The Morgan fingerprint density at radius 1 is 0.833 bits per heavy atom. The smallest absolute Gasteiger partial charge is 0.0142 e. The van der Waals surface area contributed by atoms with E-state index in [0.717, 1.165) is 19.0 Å². The summed E-state index contributed by atoms with van der Waals surface area (Å²) in [5.74, 6) is 0. The van der Waals surface area contributed by atoms with Gasteiger partial charge in [0, 0.05) is 12.2 Å². The summed E-state index contributed by atoms with van der Waals surface area (Å²) in [4.78, 5) is 0. The Hall–Kier alpha value is -1.43. The average Bonchev–Trinajstić information content (AvgIpc) is 2.61. The van der Waals surface area contributed by atoms with E-state index in [0.29, 0.717) is 0 Å². The maximum atomic E-state index is 6.26. The van der Waals surface area contributed by atoms with E-state index in [1.807, 2.05) is 0 Å². The minimum Gasteiger partial charge on any atom is -0.0873 e. The molecule has 0 spiro atoms. The molecule has 2 aromatic carbocycles. The van der Waals surface area contributed by atoms with E-state index >= 15 is 0 Å². The highest BCUT2D eigenvalue weighted by Crippen LogP contribution is 2.44. The van der Waals surface area contributed by atoms with Gasteiger partial charge in [-0.15, -0.1) is 0 Å². The second kappa shape index (κ2) is 9.16. The largest absolute Gasteiger partial charge is 0.0873 e. The molecule has 0 aliphatic rings. The van der Waals surface area contributed by atoms with E-state index in [1.165, 1.54) is 21.8 Å². The molecule has 24 heavy (non-hydrogen) atoms. The fourth-order valence-electron chi connectivity index (χ4n) is 2.67. The van der Waals surface area contributed by atoms with Crippen molar-refractivity contribution >= 4 is 28.5 Å². The Morgan fingerprint density at radius 2 is 1.33 bits per heavy atom. The summed E-state index contributed by atoms with van der Waals surface area (Å²) in [6, 6.07) is 19.5. The quantitative estimate of drug-likeness (QED) is 0.447. The lowest BCUT2D eigenvalue weighted by Gasteiger charge is -2.22. The van der Waals surface area contributed by atoms with Crippen molar-refractivity contribution < 1.29 is 0 Å². The minimum atomic E-state index is -1.79. The SMILES string of the molecule is CC(C)=CCCC(C)=CCP(=S)(c1ccccc1)c1ccccc1. The number of rotatable bonds is 7. The molecule has 0 amide bonds. The van der Waals surface area contributed by atoms with E-state index < -0.39 is 6.04 Å². The minimum absolute atomic E-state index is 0.955. The Morgan fingerprint density at radius 3 is 1.79 bits per heavy atom. The van der Waals surface area contributed by atoms with E-state index in [9.17, 15) is 0 Å². The van der Waals surface area contributed by atoms with Gasteiger partial charge in [0.05, 0.1) is 0 Å². The molecule has 2 aromatic rings. The van der Waals surface area contributed by atoms with Crippen LogP contribution >= 0.6 is 6.04 Å². The molecule has 0 aliphatic carbocycles. The van der Waals surface area contributed by atoms with Crippen LogP contribution in [0.1, 0.15) is 33.6 Å². The first-order valence-electron chi connectivity index (χ1n) is 8.51. The molecule has 126 valence electrons. The van der Waals surface area contributed by atoms with Gasteiger partial charge in [-0.3, -0.25) is 0 Å². The Balaban J connectivity index is 2.25. The normalized spacial score (nSPS) is 12.0.